The van der Waals surface area contributed by atoms with Gasteiger partial charge >= 0.3 is 0 Å². The zero-order chi connectivity index (χ0) is 13.1. The molecule has 0 fully saturated rings. The highest BCUT2D eigenvalue weighted by molar-refractivity contribution is 5.75. The zero-order valence-corrected chi connectivity index (χ0v) is 10.9. The molecule has 0 radical (unpaired) electrons. The Kier molecular flexibility index (Phi) is 3.07. The third-order valence-electron chi connectivity index (χ3n) is 3.19. The average Bonchev–Trinajstić information content (AvgIpc) is 2.49. The van der Waals surface area contributed by atoms with Gasteiger partial charge in [-0.25, -0.2) is 0 Å². The predicted octanol–water partition coefficient (Wildman–Crippen LogP) is 3.91. The number of nitrogens with zero attached hydrogens (tertiary/aromatic N) is 2. The second-order valence-electron chi connectivity index (χ2n) is 4.52. The lowest BCUT2D eigenvalue weighted by molar-refractivity contribution is 0.459. The first-order valence-electron chi connectivity index (χ1n) is 6.37. The van der Waals surface area contributed by atoms with Crippen LogP contribution in [0.2, 0.25) is 0 Å². The molecule has 0 saturated carbocycles. The van der Waals surface area contributed by atoms with E-state index in [1.54, 1.807) is 0 Å². The molecule has 0 unspecified atom stereocenters. The van der Waals surface area contributed by atoms with Crippen LogP contribution in [0.5, 0.6) is 0 Å². The number of benzene rings is 2. The molecule has 0 atom stereocenters. The Hall–Kier alpha value is -2.48. The van der Waals surface area contributed by atoms with E-state index in [2.05, 4.69) is 71.9 Å². The first-order valence-corrected chi connectivity index (χ1v) is 6.37. The van der Waals surface area contributed by atoms with Crippen molar-refractivity contribution in [2.75, 3.05) is 12.1 Å². The summed E-state index contributed by atoms with van der Waals surface area (Å²) in [5.41, 5.74) is 3.61. The number of rotatable bonds is 2. The average molecular weight is 248 g/mol. The van der Waals surface area contributed by atoms with E-state index < -0.39 is 0 Å². The molecule has 0 aliphatic carbocycles. The van der Waals surface area contributed by atoms with Gasteiger partial charge in [-0.2, -0.15) is 0 Å². The van der Waals surface area contributed by atoms with Crippen molar-refractivity contribution in [3.8, 4) is 0 Å². The fraction of sp³-hybridized carbons (Fsp3) is 0.0588. The molecule has 0 aromatic heterocycles. The van der Waals surface area contributed by atoms with Crippen LogP contribution in [0.15, 0.2) is 79.1 Å². The number of hydrogen-bond donors (Lipinski definition) is 0. The van der Waals surface area contributed by atoms with E-state index in [-0.39, 0.29) is 0 Å². The van der Waals surface area contributed by atoms with Crippen LogP contribution in [-0.4, -0.2) is 12.1 Å². The maximum absolute atomic E-state index is 2.14. The summed E-state index contributed by atoms with van der Waals surface area (Å²) in [5, 5.41) is 4.21. The van der Waals surface area contributed by atoms with E-state index in [0.29, 0.717) is 0 Å². The molecular formula is C17H16N2. The largest absolute Gasteiger partial charge is 0.291 e. The monoisotopic (exact) mass is 248 g/mol. The van der Waals surface area contributed by atoms with Crippen LogP contribution >= 0.6 is 0 Å². The molecule has 94 valence electrons. The molecule has 1 aliphatic rings. The molecule has 1 aliphatic heterocycles. The summed E-state index contributed by atoms with van der Waals surface area (Å²) in [5.74, 6) is 0. The number of hydrogen-bond acceptors (Lipinski definition) is 2. The van der Waals surface area contributed by atoms with Crippen LogP contribution in [-0.2, 0) is 0 Å². The Morgan fingerprint density at radius 2 is 1.42 bits per heavy atom. The van der Waals surface area contributed by atoms with E-state index in [9.17, 15) is 0 Å². The number of para-hydroxylation sites is 1. The normalized spacial score (nSPS) is 14.5. The highest BCUT2D eigenvalue weighted by Gasteiger charge is 2.12. The molecular weight excluding hydrogens is 232 g/mol. The van der Waals surface area contributed by atoms with E-state index in [4.69, 9.17) is 0 Å². The Balaban J connectivity index is 1.87. The molecule has 0 N–H and O–H groups in total. The van der Waals surface area contributed by atoms with Gasteiger partial charge in [0.05, 0.1) is 5.69 Å². The molecule has 1 heterocycles. The van der Waals surface area contributed by atoms with E-state index >= 15 is 0 Å². The summed E-state index contributed by atoms with van der Waals surface area (Å²) in [6.45, 7) is 0. The fourth-order valence-corrected chi connectivity index (χ4v) is 2.21. The van der Waals surface area contributed by atoms with E-state index in [0.717, 1.165) is 5.69 Å². The van der Waals surface area contributed by atoms with Crippen molar-refractivity contribution in [2.24, 2.45) is 0 Å². The first kappa shape index (κ1) is 11.6. The van der Waals surface area contributed by atoms with Gasteiger partial charge in [0, 0.05) is 25.0 Å². The lowest BCUT2D eigenvalue weighted by Gasteiger charge is -2.33. The maximum Gasteiger partial charge on any atom is 0.0625 e. The molecule has 2 aromatic rings. The second kappa shape index (κ2) is 5.02. The lowest BCUT2D eigenvalue weighted by atomic mass is 10.1. The summed E-state index contributed by atoms with van der Waals surface area (Å²) < 4.78 is 0. The van der Waals surface area contributed by atoms with Crippen LogP contribution < -0.4 is 5.01 Å². The second-order valence-corrected chi connectivity index (χ2v) is 4.52. The number of hydrazine groups is 1. The van der Waals surface area contributed by atoms with Crippen LogP contribution in [0.4, 0.5) is 5.69 Å². The molecule has 3 rings (SSSR count). The smallest absolute Gasteiger partial charge is 0.0625 e. The van der Waals surface area contributed by atoms with Crippen LogP contribution in [0.25, 0.3) is 5.57 Å². The van der Waals surface area contributed by atoms with Crippen LogP contribution in [0, 0.1) is 0 Å². The summed E-state index contributed by atoms with van der Waals surface area (Å²) in [6.07, 6.45) is 6.38. The van der Waals surface area contributed by atoms with Crippen molar-refractivity contribution in [3.05, 3.63) is 84.7 Å². The molecule has 2 heteroatoms. The Morgan fingerprint density at radius 3 is 2.05 bits per heavy atom. The van der Waals surface area contributed by atoms with Crippen molar-refractivity contribution in [3.63, 3.8) is 0 Å². The SMILES string of the molecule is CN1C=C(c2ccccc2)C=CN1c1ccccc1. The topological polar surface area (TPSA) is 6.48 Å². The standard InChI is InChI=1S/C17H16N2/c1-18-14-16(15-8-4-2-5-9-15)12-13-19(18)17-10-6-3-7-11-17/h2-14H,1H3. The fourth-order valence-electron chi connectivity index (χ4n) is 2.21. The van der Waals surface area contributed by atoms with Crippen LogP contribution in [0.1, 0.15) is 5.56 Å². The third kappa shape index (κ3) is 2.38. The minimum atomic E-state index is 1.16. The van der Waals surface area contributed by atoms with Gasteiger partial charge in [0.15, 0.2) is 0 Å². The Labute approximate surface area is 113 Å². The molecule has 0 saturated heterocycles. The van der Waals surface area contributed by atoms with Crippen molar-refractivity contribution < 1.29 is 0 Å². The summed E-state index contributed by atoms with van der Waals surface area (Å²) in [7, 11) is 2.06. The van der Waals surface area contributed by atoms with Crippen molar-refractivity contribution in [1.82, 2.24) is 5.01 Å². The minimum absolute atomic E-state index is 1.16. The van der Waals surface area contributed by atoms with E-state index in [1.165, 1.54) is 11.1 Å². The first-order chi connectivity index (χ1) is 9.34. The number of anilines is 1. The number of allylic oxidation sites excluding steroid dienone is 2. The summed E-state index contributed by atoms with van der Waals surface area (Å²) in [6, 6.07) is 20.7. The molecule has 2 aromatic carbocycles. The molecule has 0 amide bonds. The Bertz CT molecular complexity index is 600. The quantitative estimate of drug-likeness (QED) is 0.795. The summed E-state index contributed by atoms with van der Waals surface area (Å²) >= 11 is 0. The van der Waals surface area contributed by atoms with Gasteiger partial charge in [0.2, 0.25) is 0 Å². The van der Waals surface area contributed by atoms with Crippen molar-refractivity contribution >= 4 is 11.3 Å². The van der Waals surface area contributed by atoms with Gasteiger partial charge in [-0.3, -0.25) is 10.0 Å². The van der Waals surface area contributed by atoms with Gasteiger partial charge in [0.25, 0.3) is 0 Å². The third-order valence-corrected chi connectivity index (χ3v) is 3.19. The minimum Gasteiger partial charge on any atom is -0.291 e. The zero-order valence-electron chi connectivity index (χ0n) is 10.9. The molecule has 19 heavy (non-hydrogen) atoms. The highest BCUT2D eigenvalue weighted by Crippen LogP contribution is 2.24. The maximum atomic E-state index is 2.14. The van der Waals surface area contributed by atoms with Gasteiger partial charge in [0.1, 0.15) is 0 Å². The molecule has 0 spiro atoms. The molecule has 2 nitrogen and oxygen atoms in total. The van der Waals surface area contributed by atoms with Gasteiger partial charge in [-0.15, -0.1) is 0 Å². The van der Waals surface area contributed by atoms with Crippen LogP contribution in [0.3, 0.4) is 0 Å². The Morgan fingerprint density at radius 1 is 0.789 bits per heavy atom. The van der Waals surface area contributed by atoms with Gasteiger partial charge in [-0.1, -0.05) is 48.5 Å². The summed E-state index contributed by atoms with van der Waals surface area (Å²) in [4.78, 5) is 0. The van der Waals surface area contributed by atoms with Gasteiger partial charge in [-0.05, 0) is 23.8 Å². The highest BCUT2D eigenvalue weighted by atomic mass is 15.6. The predicted molar refractivity (Wildman–Crippen MR) is 80.2 cm³/mol. The van der Waals surface area contributed by atoms with Crippen molar-refractivity contribution in [2.45, 2.75) is 0 Å². The van der Waals surface area contributed by atoms with E-state index in [1.807, 2.05) is 24.3 Å². The van der Waals surface area contributed by atoms with Gasteiger partial charge < -0.3 is 0 Å². The molecule has 0 bridgehead atoms. The lowest BCUT2D eigenvalue weighted by Crippen LogP contribution is -2.33. The van der Waals surface area contributed by atoms with Crippen molar-refractivity contribution in [1.29, 1.82) is 0 Å².